The summed E-state index contributed by atoms with van der Waals surface area (Å²) in [5.74, 6) is 0.573. The molecule has 0 saturated heterocycles. The first-order valence-corrected chi connectivity index (χ1v) is 8.74. The van der Waals surface area contributed by atoms with Crippen LogP contribution in [0.25, 0.3) is 0 Å². The Morgan fingerprint density at radius 2 is 2.08 bits per heavy atom. The van der Waals surface area contributed by atoms with E-state index >= 15 is 0 Å². The third-order valence-corrected chi connectivity index (χ3v) is 5.31. The van der Waals surface area contributed by atoms with Gasteiger partial charge in [0.1, 0.15) is 18.1 Å². The van der Waals surface area contributed by atoms with Crippen molar-refractivity contribution in [2.45, 2.75) is 30.9 Å². The van der Waals surface area contributed by atoms with E-state index in [1.807, 2.05) is 18.2 Å². The quantitative estimate of drug-likeness (QED) is 0.460. The summed E-state index contributed by atoms with van der Waals surface area (Å²) in [5, 5.41) is 6.09. The maximum absolute atomic E-state index is 12.2. The Hall–Kier alpha value is -2.67. The van der Waals surface area contributed by atoms with Gasteiger partial charge in [0.15, 0.2) is 11.0 Å². The van der Waals surface area contributed by atoms with Gasteiger partial charge in [-0.2, -0.15) is 0 Å². The first-order valence-electron chi connectivity index (χ1n) is 8.36. The van der Waals surface area contributed by atoms with Crippen LogP contribution < -0.4 is 10.6 Å². The largest absolute Gasteiger partial charge is 0.459 e. The topological polar surface area (TPSA) is 93.2 Å². The Kier molecular flexibility index (Phi) is 4.24. The number of halogens is 1. The second-order valence-electron chi connectivity index (χ2n) is 6.67. The molecule has 26 heavy (non-hydrogen) atoms. The smallest absolute Gasteiger partial charge is 0.338 e. The molecule has 134 valence electrons. The monoisotopic (exact) mass is 372 g/mol. The van der Waals surface area contributed by atoms with Crippen molar-refractivity contribution in [3.05, 3.63) is 47.4 Å². The number of carbonyl (C=O) groups excluding carboxylic acids is 2. The molecule has 2 saturated carbocycles. The van der Waals surface area contributed by atoms with E-state index in [9.17, 15) is 9.59 Å². The van der Waals surface area contributed by atoms with Crippen LogP contribution in [0, 0.1) is 5.92 Å². The Morgan fingerprint density at radius 1 is 1.27 bits per heavy atom. The van der Waals surface area contributed by atoms with Crippen molar-refractivity contribution in [2.24, 2.45) is 5.92 Å². The number of esters is 1. The number of nitrogens with one attached hydrogen (secondary N) is 2. The van der Waals surface area contributed by atoms with Crippen LogP contribution in [-0.4, -0.2) is 34.0 Å². The SMILES string of the molecule is O=CNc1c(Cl)ncnc1N[C@@]12C[C@@H](OC(=O)c3ccccc3)C[C@@H]1C2. The summed E-state index contributed by atoms with van der Waals surface area (Å²) in [5.41, 5.74) is 0.725. The van der Waals surface area contributed by atoms with Crippen molar-refractivity contribution in [1.29, 1.82) is 0 Å². The fourth-order valence-electron chi connectivity index (χ4n) is 3.72. The van der Waals surface area contributed by atoms with E-state index in [4.69, 9.17) is 16.3 Å². The molecule has 2 aromatic rings. The lowest BCUT2D eigenvalue weighted by Gasteiger charge is -2.20. The molecule has 2 fully saturated rings. The summed E-state index contributed by atoms with van der Waals surface area (Å²) >= 11 is 6.04. The Morgan fingerprint density at radius 3 is 2.85 bits per heavy atom. The highest BCUT2D eigenvalue weighted by atomic mass is 35.5. The molecule has 0 radical (unpaired) electrons. The molecule has 2 aliphatic rings. The highest BCUT2D eigenvalue weighted by Gasteiger charge is 2.61. The zero-order valence-electron chi connectivity index (χ0n) is 13.8. The third kappa shape index (κ3) is 3.10. The van der Waals surface area contributed by atoms with Gasteiger partial charge < -0.3 is 15.4 Å². The summed E-state index contributed by atoms with van der Waals surface area (Å²) < 4.78 is 5.65. The Labute approximate surface area is 155 Å². The maximum atomic E-state index is 12.2. The van der Waals surface area contributed by atoms with Gasteiger partial charge >= 0.3 is 5.97 Å². The fourth-order valence-corrected chi connectivity index (χ4v) is 3.90. The predicted octanol–water partition coefficient (Wildman–Crippen LogP) is 2.89. The Bertz CT molecular complexity index is 848. The lowest BCUT2D eigenvalue weighted by atomic mass is 10.1. The molecule has 0 aliphatic heterocycles. The van der Waals surface area contributed by atoms with Crippen molar-refractivity contribution in [1.82, 2.24) is 9.97 Å². The third-order valence-electron chi connectivity index (χ3n) is 5.03. The van der Waals surface area contributed by atoms with Crippen molar-refractivity contribution >= 4 is 35.5 Å². The van der Waals surface area contributed by atoms with E-state index < -0.39 is 0 Å². The number of rotatable bonds is 6. The van der Waals surface area contributed by atoms with Crippen LogP contribution in [0.15, 0.2) is 36.7 Å². The minimum atomic E-state index is -0.305. The van der Waals surface area contributed by atoms with Crippen molar-refractivity contribution in [3.8, 4) is 0 Å². The molecule has 1 amide bonds. The summed E-state index contributed by atoms with van der Waals surface area (Å²) in [4.78, 5) is 31.1. The van der Waals surface area contributed by atoms with E-state index in [2.05, 4.69) is 20.6 Å². The second kappa shape index (κ2) is 6.57. The minimum absolute atomic E-state index is 0.145. The average Bonchev–Trinajstić information content (AvgIpc) is 3.19. The molecule has 7 nitrogen and oxygen atoms in total. The molecule has 2 N–H and O–H groups in total. The zero-order chi connectivity index (χ0) is 18.1. The normalized spacial score (nSPS) is 25.9. The number of ether oxygens (including phenoxy) is 1. The maximum Gasteiger partial charge on any atom is 0.338 e. The summed E-state index contributed by atoms with van der Waals surface area (Å²) in [6.07, 6.45) is 4.20. The van der Waals surface area contributed by atoms with Gasteiger partial charge in [0.2, 0.25) is 6.41 Å². The van der Waals surface area contributed by atoms with Crippen molar-refractivity contribution < 1.29 is 14.3 Å². The van der Waals surface area contributed by atoms with Gasteiger partial charge in [-0.15, -0.1) is 0 Å². The van der Waals surface area contributed by atoms with E-state index in [-0.39, 0.29) is 22.8 Å². The zero-order valence-corrected chi connectivity index (χ0v) is 14.6. The molecule has 3 atom stereocenters. The number of fused-ring (bicyclic) bond motifs is 1. The van der Waals surface area contributed by atoms with Crippen LogP contribution in [-0.2, 0) is 9.53 Å². The molecule has 2 aliphatic carbocycles. The van der Waals surface area contributed by atoms with Gasteiger partial charge in [-0.1, -0.05) is 29.8 Å². The van der Waals surface area contributed by atoms with E-state index in [0.717, 1.165) is 12.8 Å². The number of aromatic nitrogens is 2. The molecule has 1 heterocycles. The van der Waals surface area contributed by atoms with Crippen LogP contribution in [0.3, 0.4) is 0 Å². The van der Waals surface area contributed by atoms with E-state index in [1.54, 1.807) is 12.1 Å². The summed E-state index contributed by atoms with van der Waals surface area (Å²) in [7, 11) is 0. The standard InChI is InChI=1S/C18H17ClN4O3/c19-15-14(22-10-24)16(21-9-20-15)23-18-7-12(18)6-13(8-18)26-17(25)11-4-2-1-3-5-11/h1-5,9-10,12-13H,6-8H2,(H,22,24)(H,20,21,23)/t12-,13+,18+/m1/s1. The minimum Gasteiger partial charge on any atom is -0.459 e. The summed E-state index contributed by atoms with van der Waals surface area (Å²) in [6.45, 7) is 0. The Balaban J connectivity index is 1.44. The molecule has 0 bridgehead atoms. The first-order chi connectivity index (χ1) is 12.6. The lowest BCUT2D eigenvalue weighted by molar-refractivity contribution is -0.105. The van der Waals surface area contributed by atoms with Gasteiger partial charge in [-0.3, -0.25) is 4.79 Å². The van der Waals surface area contributed by atoms with Gasteiger partial charge in [-0.25, -0.2) is 14.8 Å². The van der Waals surface area contributed by atoms with Crippen LogP contribution in [0.5, 0.6) is 0 Å². The van der Waals surface area contributed by atoms with Crippen molar-refractivity contribution in [2.75, 3.05) is 10.6 Å². The van der Waals surface area contributed by atoms with Crippen LogP contribution >= 0.6 is 11.6 Å². The number of nitrogens with zero attached hydrogens (tertiary/aromatic N) is 2. The van der Waals surface area contributed by atoms with Crippen LogP contribution in [0.2, 0.25) is 5.15 Å². The summed E-state index contributed by atoms with van der Waals surface area (Å²) in [6, 6.07) is 8.97. The number of carbonyl (C=O) groups is 2. The van der Waals surface area contributed by atoms with E-state index in [0.29, 0.717) is 35.8 Å². The van der Waals surface area contributed by atoms with Crippen LogP contribution in [0.4, 0.5) is 11.5 Å². The molecular weight excluding hydrogens is 356 g/mol. The molecule has 0 spiro atoms. The molecule has 0 unspecified atom stereocenters. The highest BCUT2D eigenvalue weighted by molar-refractivity contribution is 6.32. The number of benzene rings is 1. The van der Waals surface area contributed by atoms with Crippen molar-refractivity contribution in [3.63, 3.8) is 0 Å². The van der Waals surface area contributed by atoms with Crippen LogP contribution in [0.1, 0.15) is 29.6 Å². The molecule has 1 aromatic heterocycles. The molecule has 1 aromatic carbocycles. The second-order valence-corrected chi connectivity index (χ2v) is 7.02. The number of hydrogen-bond donors (Lipinski definition) is 2. The molecule has 8 heteroatoms. The molecular formula is C18H17ClN4O3. The highest BCUT2D eigenvalue weighted by Crippen LogP contribution is 2.58. The number of anilines is 2. The number of hydrogen-bond acceptors (Lipinski definition) is 6. The van der Waals surface area contributed by atoms with Gasteiger partial charge in [0, 0.05) is 12.0 Å². The van der Waals surface area contributed by atoms with Gasteiger partial charge in [-0.05, 0) is 30.9 Å². The van der Waals surface area contributed by atoms with Gasteiger partial charge in [0.25, 0.3) is 0 Å². The molecule has 4 rings (SSSR count). The fraction of sp³-hybridized carbons (Fsp3) is 0.333. The number of amides is 1. The first kappa shape index (κ1) is 16.8. The average molecular weight is 373 g/mol. The van der Waals surface area contributed by atoms with E-state index in [1.165, 1.54) is 6.33 Å². The van der Waals surface area contributed by atoms with Gasteiger partial charge in [0.05, 0.1) is 5.56 Å². The lowest BCUT2D eigenvalue weighted by Crippen LogP contribution is -2.26. The predicted molar refractivity (Wildman–Crippen MR) is 96.1 cm³/mol.